The van der Waals surface area contributed by atoms with Crippen LogP contribution >= 0.6 is 11.6 Å². The Bertz CT molecular complexity index is 487. The number of hydrogen-bond donors (Lipinski definition) is 0. The van der Waals surface area contributed by atoms with E-state index in [9.17, 15) is 4.79 Å². The molecule has 7 heteroatoms. The van der Waals surface area contributed by atoms with Gasteiger partial charge in [0.15, 0.2) is 5.75 Å². The zero-order chi connectivity index (χ0) is 16.1. The minimum atomic E-state index is -0.229. The smallest absolute Gasteiger partial charge is 0.410 e. The molecule has 0 bridgehead atoms. The van der Waals surface area contributed by atoms with Crippen LogP contribution in [0.5, 0.6) is 5.75 Å². The summed E-state index contributed by atoms with van der Waals surface area (Å²) in [6, 6.07) is 0. The number of hydrogen-bond acceptors (Lipinski definition) is 5. The van der Waals surface area contributed by atoms with Crippen molar-refractivity contribution in [3.8, 4) is 5.75 Å². The molecule has 2 rings (SSSR count). The molecule has 6 nitrogen and oxygen atoms in total. The van der Waals surface area contributed by atoms with Crippen LogP contribution in [0.15, 0.2) is 12.4 Å². The summed E-state index contributed by atoms with van der Waals surface area (Å²) in [6.07, 6.45) is 4.65. The monoisotopic (exact) mass is 327 g/mol. The Morgan fingerprint density at radius 1 is 1.27 bits per heavy atom. The zero-order valence-electron chi connectivity index (χ0n) is 13.2. The fourth-order valence-electron chi connectivity index (χ4n) is 2.50. The highest BCUT2D eigenvalue weighted by Gasteiger charge is 2.28. The largest absolute Gasteiger partial charge is 0.487 e. The summed E-state index contributed by atoms with van der Waals surface area (Å²) in [5.74, 6) is 0.998. The van der Waals surface area contributed by atoms with Crippen molar-refractivity contribution in [2.45, 2.75) is 45.8 Å². The second-order valence-corrected chi connectivity index (χ2v) is 6.11. The molecule has 2 heterocycles. The molecule has 122 valence electrons. The molecule has 1 fully saturated rings. The molecule has 1 saturated heterocycles. The number of piperidine rings is 1. The lowest BCUT2D eigenvalue weighted by Crippen LogP contribution is -2.42. The maximum absolute atomic E-state index is 11.9. The van der Waals surface area contributed by atoms with E-state index < -0.39 is 0 Å². The Morgan fingerprint density at radius 2 is 1.86 bits per heavy atom. The van der Waals surface area contributed by atoms with Crippen molar-refractivity contribution in [2.24, 2.45) is 5.92 Å². The number of nitrogens with zero attached hydrogens (tertiary/aromatic N) is 3. The standard InChI is InChI=1S/C15H22ClN3O3/c1-10(2)21-15(20)19-6-4-12(5-7-19)11(3)22-13-8-17-14(16)18-9-13/h8-12H,4-7H2,1-3H3. The first-order chi connectivity index (χ1) is 10.5. The van der Waals surface area contributed by atoms with E-state index in [0.29, 0.717) is 24.8 Å². The van der Waals surface area contributed by atoms with Gasteiger partial charge in [-0.3, -0.25) is 0 Å². The number of amides is 1. The molecule has 0 radical (unpaired) electrons. The average molecular weight is 328 g/mol. The number of likely N-dealkylation sites (tertiary alicyclic amines) is 1. The van der Waals surface area contributed by atoms with Crippen LogP contribution in [0.4, 0.5) is 4.79 Å². The first-order valence-corrected chi connectivity index (χ1v) is 7.93. The topological polar surface area (TPSA) is 64.5 Å². The molecule has 1 unspecified atom stereocenters. The summed E-state index contributed by atoms with van der Waals surface area (Å²) in [6.45, 7) is 7.13. The molecule has 1 aliphatic rings. The second kappa shape index (κ2) is 7.63. The van der Waals surface area contributed by atoms with Crippen molar-refractivity contribution in [3.63, 3.8) is 0 Å². The van der Waals surface area contributed by atoms with E-state index in [1.807, 2.05) is 20.8 Å². The summed E-state index contributed by atoms with van der Waals surface area (Å²) in [4.78, 5) is 21.4. The molecule has 0 aliphatic carbocycles. The van der Waals surface area contributed by atoms with E-state index in [-0.39, 0.29) is 23.6 Å². The van der Waals surface area contributed by atoms with Crippen molar-refractivity contribution in [2.75, 3.05) is 13.1 Å². The average Bonchev–Trinajstić information content (AvgIpc) is 2.49. The molecule has 1 aromatic heterocycles. The van der Waals surface area contributed by atoms with Crippen molar-refractivity contribution >= 4 is 17.7 Å². The summed E-state index contributed by atoms with van der Waals surface area (Å²) in [5, 5.41) is 0.206. The lowest BCUT2D eigenvalue weighted by atomic mass is 9.92. The van der Waals surface area contributed by atoms with Gasteiger partial charge in [0.25, 0.3) is 0 Å². The highest BCUT2D eigenvalue weighted by atomic mass is 35.5. The maximum atomic E-state index is 11.9. The number of aromatic nitrogens is 2. The van der Waals surface area contributed by atoms with E-state index in [1.165, 1.54) is 0 Å². The number of carbonyl (C=O) groups excluding carboxylic acids is 1. The third kappa shape index (κ3) is 4.73. The first kappa shape index (κ1) is 16.8. The van der Waals surface area contributed by atoms with Crippen molar-refractivity contribution in [1.29, 1.82) is 0 Å². The summed E-state index contributed by atoms with van der Waals surface area (Å²) in [5.41, 5.74) is 0. The Balaban J connectivity index is 1.80. The minimum Gasteiger partial charge on any atom is -0.487 e. The number of ether oxygens (including phenoxy) is 2. The van der Waals surface area contributed by atoms with Gasteiger partial charge in [-0.15, -0.1) is 0 Å². The molecule has 0 spiro atoms. The summed E-state index contributed by atoms with van der Waals surface area (Å²) in [7, 11) is 0. The van der Waals surface area contributed by atoms with E-state index in [4.69, 9.17) is 21.1 Å². The molecule has 1 amide bonds. The van der Waals surface area contributed by atoms with Crippen LogP contribution in [0.1, 0.15) is 33.6 Å². The quantitative estimate of drug-likeness (QED) is 0.795. The third-order valence-electron chi connectivity index (χ3n) is 3.72. The molecule has 0 saturated carbocycles. The molecule has 1 aliphatic heterocycles. The van der Waals surface area contributed by atoms with Gasteiger partial charge in [0.1, 0.15) is 0 Å². The summed E-state index contributed by atoms with van der Waals surface area (Å²) >= 11 is 5.65. The minimum absolute atomic E-state index is 0.0352. The third-order valence-corrected chi connectivity index (χ3v) is 3.91. The molecule has 22 heavy (non-hydrogen) atoms. The van der Waals surface area contributed by atoms with Crippen LogP contribution in [-0.4, -0.2) is 46.3 Å². The zero-order valence-corrected chi connectivity index (χ0v) is 13.9. The number of halogens is 1. The number of rotatable bonds is 4. The molecular weight excluding hydrogens is 306 g/mol. The maximum Gasteiger partial charge on any atom is 0.410 e. The van der Waals surface area contributed by atoms with Crippen LogP contribution in [0.25, 0.3) is 0 Å². The SMILES string of the molecule is CC(C)OC(=O)N1CCC(C(C)Oc2cnc(Cl)nc2)CC1. The van der Waals surface area contributed by atoms with E-state index in [0.717, 1.165) is 12.8 Å². The predicted octanol–water partition coefficient (Wildman–Crippen LogP) is 3.15. The fraction of sp³-hybridized carbons (Fsp3) is 0.667. The number of carbonyl (C=O) groups is 1. The van der Waals surface area contributed by atoms with Crippen molar-refractivity contribution in [1.82, 2.24) is 14.9 Å². The highest BCUT2D eigenvalue weighted by Crippen LogP contribution is 2.24. The highest BCUT2D eigenvalue weighted by molar-refractivity contribution is 6.28. The van der Waals surface area contributed by atoms with Gasteiger partial charge < -0.3 is 14.4 Å². The lowest BCUT2D eigenvalue weighted by molar-refractivity contribution is 0.0494. The van der Waals surface area contributed by atoms with Crippen LogP contribution in [-0.2, 0) is 4.74 Å². The van der Waals surface area contributed by atoms with Gasteiger partial charge in [0.2, 0.25) is 5.28 Å². The Hall–Kier alpha value is -1.56. The van der Waals surface area contributed by atoms with Crippen molar-refractivity contribution < 1.29 is 14.3 Å². The van der Waals surface area contributed by atoms with Gasteiger partial charge in [-0.25, -0.2) is 14.8 Å². The van der Waals surface area contributed by atoms with Gasteiger partial charge >= 0.3 is 6.09 Å². The lowest BCUT2D eigenvalue weighted by Gasteiger charge is -2.34. The van der Waals surface area contributed by atoms with Gasteiger partial charge in [0, 0.05) is 13.1 Å². The second-order valence-electron chi connectivity index (χ2n) is 5.77. The van der Waals surface area contributed by atoms with Gasteiger partial charge in [0.05, 0.1) is 24.6 Å². The predicted molar refractivity (Wildman–Crippen MR) is 83.0 cm³/mol. The van der Waals surface area contributed by atoms with Crippen LogP contribution in [0.3, 0.4) is 0 Å². The Labute approximate surface area is 135 Å². The van der Waals surface area contributed by atoms with Crippen LogP contribution in [0.2, 0.25) is 5.28 Å². The summed E-state index contributed by atoms with van der Waals surface area (Å²) < 4.78 is 11.1. The van der Waals surface area contributed by atoms with E-state index in [1.54, 1.807) is 17.3 Å². The van der Waals surface area contributed by atoms with Crippen LogP contribution in [0, 0.1) is 5.92 Å². The molecular formula is C15H22ClN3O3. The molecule has 1 aromatic rings. The van der Waals surface area contributed by atoms with Crippen molar-refractivity contribution in [3.05, 3.63) is 17.7 Å². The van der Waals surface area contributed by atoms with Gasteiger partial charge in [-0.05, 0) is 51.1 Å². The Morgan fingerprint density at radius 3 is 2.41 bits per heavy atom. The molecule has 0 aromatic carbocycles. The van der Waals surface area contributed by atoms with E-state index >= 15 is 0 Å². The normalized spacial score (nSPS) is 17.4. The van der Waals surface area contributed by atoms with Gasteiger partial charge in [-0.2, -0.15) is 0 Å². The Kier molecular flexibility index (Phi) is 5.83. The van der Waals surface area contributed by atoms with Gasteiger partial charge in [-0.1, -0.05) is 0 Å². The fourth-order valence-corrected chi connectivity index (χ4v) is 2.60. The molecule has 1 atom stereocenters. The van der Waals surface area contributed by atoms with Crippen LogP contribution < -0.4 is 4.74 Å². The molecule has 0 N–H and O–H groups in total. The van der Waals surface area contributed by atoms with E-state index in [2.05, 4.69) is 9.97 Å². The first-order valence-electron chi connectivity index (χ1n) is 7.55.